The van der Waals surface area contributed by atoms with Gasteiger partial charge in [0.2, 0.25) is 0 Å². The minimum absolute atomic E-state index is 0.114. The SMILES string of the molecule is CCc1cc(OC(c2ccccc2)c2ccccc2)ccc1N1CCNCC1. The highest BCUT2D eigenvalue weighted by Gasteiger charge is 2.18. The summed E-state index contributed by atoms with van der Waals surface area (Å²) in [4.78, 5) is 2.48. The maximum atomic E-state index is 6.54. The fraction of sp³-hybridized carbons (Fsp3) is 0.280. The average Bonchev–Trinajstić information content (AvgIpc) is 2.79. The van der Waals surface area contributed by atoms with Crippen molar-refractivity contribution in [3.05, 3.63) is 95.6 Å². The first-order valence-electron chi connectivity index (χ1n) is 10.2. The Bertz CT molecular complexity index is 834. The third-order valence-corrected chi connectivity index (χ3v) is 5.35. The van der Waals surface area contributed by atoms with E-state index in [1.807, 2.05) is 12.1 Å². The van der Waals surface area contributed by atoms with Crippen molar-refractivity contribution < 1.29 is 4.74 Å². The molecule has 4 rings (SSSR count). The van der Waals surface area contributed by atoms with Gasteiger partial charge in [-0.1, -0.05) is 67.6 Å². The van der Waals surface area contributed by atoms with Crippen LogP contribution in [0.25, 0.3) is 0 Å². The number of nitrogens with one attached hydrogen (secondary N) is 1. The summed E-state index contributed by atoms with van der Waals surface area (Å²) in [6.45, 7) is 6.43. The molecule has 0 bridgehead atoms. The summed E-state index contributed by atoms with van der Waals surface area (Å²) < 4.78 is 6.54. The molecule has 3 aromatic rings. The highest BCUT2D eigenvalue weighted by atomic mass is 16.5. The zero-order valence-electron chi connectivity index (χ0n) is 16.5. The van der Waals surface area contributed by atoms with Crippen LogP contribution in [0.2, 0.25) is 0 Å². The molecule has 0 unspecified atom stereocenters. The van der Waals surface area contributed by atoms with Crippen LogP contribution in [0.3, 0.4) is 0 Å². The Morgan fingerprint density at radius 1 is 0.857 bits per heavy atom. The normalized spacial score (nSPS) is 14.3. The van der Waals surface area contributed by atoms with E-state index in [2.05, 4.69) is 83.9 Å². The molecule has 1 aliphatic heterocycles. The van der Waals surface area contributed by atoms with Gasteiger partial charge >= 0.3 is 0 Å². The first-order chi connectivity index (χ1) is 13.8. The predicted octanol–water partition coefficient (Wildman–Crippen LogP) is 4.83. The molecular formula is C25H28N2O. The standard InChI is InChI=1S/C25H28N2O/c1-2-20-19-23(13-14-24(20)27-17-15-26-16-18-27)28-25(21-9-5-3-6-10-21)22-11-7-4-8-12-22/h3-14,19,25-26H,2,15-18H2,1H3. The summed E-state index contributed by atoms with van der Waals surface area (Å²) >= 11 is 0. The molecule has 1 fully saturated rings. The van der Waals surface area contributed by atoms with Crippen LogP contribution in [0.15, 0.2) is 78.9 Å². The predicted molar refractivity (Wildman–Crippen MR) is 116 cm³/mol. The second-order valence-corrected chi connectivity index (χ2v) is 7.20. The summed E-state index contributed by atoms with van der Waals surface area (Å²) in [5, 5.41) is 3.43. The highest BCUT2D eigenvalue weighted by molar-refractivity contribution is 5.57. The van der Waals surface area contributed by atoms with Crippen LogP contribution in [0, 0.1) is 0 Å². The van der Waals surface area contributed by atoms with E-state index in [-0.39, 0.29) is 6.10 Å². The molecule has 1 aliphatic rings. The number of anilines is 1. The second-order valence-electron chi connectivity index (χ2n) is 7.20. The van der Waals surface area contributed by atoms with Gasteiger partial charge in [0.15, 0.2) is 0 Å². The molecule has 1 saturated heterocycles. The van der Waals surface area contributed by atoms with Gasteiger partial charge in [-0.25, -0.2) is 0 Å². The van der Waals surface area contributed by atoms with Crippen LogP contribution in [-0.2, 0) is 6.42 Å². The van der Waals surface area contributed by atoms with E-state index in [0.717, 1.165) is 49.5 Å². The molecule has 144 valence electrons. The molecule has 0 aromatic heterocycles. The largest absolute Gasteiger partial charge is 0.481 e. The summed E-state index contributed by atoms with van der Waals surface area (Å²) in [5.74, 6) is 0.924. The lowest BCUT2D eigenvalue weighted by atomic mass is 10.0. The number of aryl methyl sites for hydroxylation is 1. The van der Waals surface area contributed by atoms with Crippen LogP contribution in [-0.4, -0.2) is 26.2 Å². The van der Waals surface area contributed by atoms with Crippen molar-refractivity contribution in [3.63, 3.8) is 0 Å². The van der Waals surface area contributed by atoms with Gasteiger partial charge in [0.05, 0.1) is 0 Å². The van der Waals surface area contributed by atoms with Crippen LogP contribution >= 0.6 is 0 Å². The zero-order chi connectivity index (χ0) is 19.2. The Labute approximate surface area is 168 Å². The van der Waals surface area contributed by atoms with E-state index in [4.69, 9.17) is 4.74 Å². The summed E-state index contributed by atoms with van der Waals surface area (Å²) in [6.07, 6.45) is 0.884. The van der Waals surface area contributed by atoms with E-state index in [0.29, 0.717) is 0 Å². The van der Waals surface area contributed by atoms with Gasteiger partial charge in [-0.3, -0.25) is 0 Å². The molecule has 1 heterocycles. The van der Waals surface area contributed by atoms with Crippen LogP contribution in [0.5, 0.6) is 5.75 Å². The lowest BCUT2D eigenvalue weighted by Crippen LogP contribution is -2.43. The van der Waals surface area contributed by atoms with Crippen molar-refractivity contribution in [2.75, 3.05) is 31.1 Å². The van der Waals surface area contributed by atoms with Crippen molar-refractivity contribution in [2.45, 2.75) is 19.4 Å². The number of benzene rings is 3. The third kappa shape index (κ3) is 4.20. The quantitative estimate of drug-likeness (QED) is 0.671. The van der Waals surface area contributed by atoms with Crippen molar-refractivity contribution in [2.24, 2.45) is 0 Å². The Balaban J connectivity index is 1.63. The third-order valence-electron chi connectivity index (χ3n) is 5.35. The Morgan fingerprint density at radius 3 is 2.04 bits per heavy atom. The van der Waals surface area contributed by atoms with E-state index in [1.54, 1.807) is 0 Å². The Kier molecular flexibility index (Phi) is 5.93. The van der Waals surface area contributed by atoms with Gasteiger partial charge in [-0.05, 0) is 41.3 Å². The maximum absolute atomic E-state index is 6.54. The molecule has 0 saturated carbocycles. The number of rotatable bonds is 6. The fourth-order valence-electron chi connectivity index (χ4n) is 3.85. The molecule has 1 N–H and O–H groups in total. The summed E-state index contributed by atoms with van der Waals surface area (Å²) in [6, 6.07) is 27.5. The zero-order valence-corrected chi connectivity index (χ0v) is 16.5. The second kappa shape index (κ2) is 8.94. The minimum Gasteiger partial charge on any atom is -0.481 e. The van der Waals surface area contributed by atoms with Crippen molar-refractivity contribution in [1.29, 1.82) is 0 Å². The van der Waals surface area contributed by atoms with Gasteiger partial charge in [-0.2, -0.15) is 0 Å². The first kappa shape index (κ1) is 18.6. The summed E-state index contributed by atoms with van der Waals surface area (Å²) in [5.41, 5.74) is 5.02. The van der Waals surface area contributed by atoms with Crippen LogP contribution in [0.4, 0.5) is 5.69 Å². The number of hydrogen-bond acceptors (Lipinski definition) is 3. The molecule has 0 aliphatic carbocycles. The molecule has 3 nitrogen and oxygen atoms in total. The lowest BCUT2D eigenvalue weighted by molar-refractivity contribution is 0.247. The molecule has 3 aromatic carbocycles. The van der Waals surface area contributed by atoms with Crippen molar-refractivity contribution >= 4 is 5.69 Å². The lowest BCUT2D eigenvalue weighted by Gasteiger charge is -2.31. The van der Waals surface area contributed by atoms with Gasteiger partial charge in [0.25, 0.3) is 0 Å². The number of piperazine rings is 1. The molecule has 28 heavy (non-hydrogen) atoms. The number of ether oxygens (including phenoxy) is 1. The summed E-state index contributed by atoms with van der Waals surface area (Å²) in [7, 11) is 0. The first-order valence-corrected chi connectivity index (χ1v) is 10.2. The Hall–Kier alpha value is -2.78. The van der Waals surface area contributed by atoms with Gasteiger partial charge in [0.1, 0.15) is 11.9 Å². The highest BCUT2D eigenvalue weighted by Crippen LogP contribution is 2.32. The van der Waals surface area contributed by atoms with E-state index >= 15 is 0 Å². The minimum atomic E-state index is -0.114. The van der Waals surface area contributed by atoms with Gasteiger partial charge < -0.3 is 15.0 Å². The smallest absolute Gasteiger partial charge is 0.149 e. The van der Waals surface area contributed by atoms with E-state index in [9.17, 15) is 0 Å². The molecule has 0 amide bonds. The monoisotopic (exact) mass is 372 g/mol. The van der Waals surface area contributed by atoms with Crippen LogP contribution < -0.4 is 15.0 Å². The number of hydrogen-bond donors (Lipinski definition) is 1. The molecule has 0 atom stereocenters. The fourth-order valence-corrected chi connectivity index (χ4v) is 3.85. The van der Waals surface area contributed by atoms with Crippen molar-refractivity contribution in [1.82, 2.24) is 5.32 Å². The van der Waals surface area contributed by atoms with Crippen LogP contribution in [0.1, 0.15) is 29.7 Å². The number of nitrogens with zero attached hydrogens (tertiary/aromatic N) is 1. The topological polar surface area (TPSA) is 24.5 Å². The maximum Gasteiger partial charge on any atom is 0.149 e. The van der Waals surface area contributed by atoms with Gasteiger partial charge in [-0.15, -0.1) is 0 Å². The van der Waals surface area contributed by atoms with Crippen molar-refractivity contribution in [3.8, 4) is 5.75 Å². The molecule has 0 radical (unpaired) electrons. The van der Waals surface area contributed by atoms with E-state index in [1.165, 1.54) is 11.3 Å². The van der Waals surface area contributed by atoms with Gasteiger partial charge in [0, 0.05) is 31.9 Å². The molecular weight excluding hydrogens is 344 g/mol. The average molecular weight is 373 g/mol. The molecule has 3 heteroatoms. The Morgan fingerprint density at radius 2 is 1.46 bits per heavy atom. The molecule has 0 spiro atoms. The van der Waals surface area contributed by atoms with E-state index < -0.39 is 0 Å².